The Morgan fingerprint density at radius 2 is 1.30 bits per heavy atom. The Balaban J connectivity index is 0.00000442. The molecule has 1 saturated heterocycles. The highest BCUT2D eigenvalue weighted by molar-refractivity contribution is 7.87. The minimum atomic E-state index is -3.69. The van der Waals surface area contributed by atoms with Crippen molar-refractivity contribution in [1.82, 2.24) is 4.90 Å². The molecule has 4 aromatic rings. The molecule has 0 amide bonds. The van der Waals surface area contributed by atoms with Crippen LogP contribution in [0.25, 0.3) is 20.5 Å². The van der Waals surface area contributed by atoms with E-state index in [1.54, 1.807) is 42.5 Å². The largest absolute Gasteiger partial charge is 0.492 e. The van der Waals surface area contributed by atoms with Crippen LogP contribution >= 0.6 is 23.7 Å². The molecule has 1 fully saturated rings. The van der Waals surface area contributed by atoms with Crippen molar-refractivity contribution in [2.45, 2.75) is 33.1 Å². The van der Waals surface area contributed by atoms with Crippen molar-refractivity contribution in [3.63, 3.8) is 0 Å². The van der Waals surface area contributed by atoms with E-state index < -0.39 is 20.2 Å². The summed E-state index contributed by atoms with van der Waals surface area (Å²) in [6, 6.07) is 19.2. The molecule has 44 heavy (non-hydrogen) atoms. The second-order valence-corrected chi connectivity index (χ2v) is 14.9. The van der Waals surface area contributed by atoms with Gasteiger partial charge in [-0.1, -0.05) is 6.42 Å². The van der Waals surface area contributed by atoms with E-state index >= 15 is 0 Å². The molecule has 1 aliphatic heterocycles. The van der Waals surface area contributed by atoms with Gasteiger partial charge in [0.15, 0.2) is 5.75 Å². The zero-order chi connectivity index (χ0) is 30.5. The molecule has 0 N–H and O–H groups in total. The van der Waals surface area contributed by atoms with E-state index in [-0.39, 0.29) is 35.4 Å². The Morgan fingerprint density at radius 3 is 1.93 bits per heavy atom. The fourth-order valence-electron chi connectivity index (χ4n) is 4.67. The molecular formula is C31H36ClNO8S3. The van der Waals surface area contributed by atoms with E-state index in [2.05, 4.69) is 4.90 Å². The summed E-state index contributed by atoms with van der Waals surface area (Å²) in [5.74, 6) is 2.10. The van der Waals surface area contributed by atoms with Crippen molar-refractivity contribution >= 4 is 54.1 Å². The predicted molar refractivity (Wildman–Crippen MR) is 177 cm³/mol. The minimum absolute atomic E-state index is 0. The summed E-state index contributed by atoms with van der Waals surface area (Å²) in [6.45, 7) is 6.82. The van der Waals surface area contributed by atoms with E-state index in [1.807, 2.05) is 24.3 Å². The second kappa shape index (κ2) is 14.8. The van der Waals surface area contributed by atoms with Crippen LogP contribution < -0.4 is 17.8 Å². The molecule has 2 heterocycles. The maximum atomic E-state index is 12.1. The van der Waals surface area contributed by atoms with Crippen molar-refractivity contribution in [3.8, 4) is 39.2 Å². The highest BCUT2D eigenvalue weighted by Gasteiger charge is 2.19. The number of hydrogen-bond acceptors (Lipinski definition) is 10. The number of thiophene rings is 1. The van der Waals surface area contributed by atoms with E-state index in [0.717, 1.165) is 45.9 Å². The van der Waals surface area contributed by atoms with Crippen LogP contribution in [0.4, 0.5) is 0 Å². The summed E-state index contributed by atoms with van der Waals surface area (Å²) in [5.41, 5.74) is 0.777. The maximum Gasteiger partial charge on any atom is 0.308 e. The molecule has 0 atom stereocenters. The Kier molecular flexibility index (Phi) is 11.4. The number of halogens is 1. The van der Waals surface area contributed by atoms with Crippen molar-refractivity contribution < 1.29 is 34.7 Å². The van der Waals surface area contributed by atoms with Crippen LogP contribution in [0.2, 0.25) is 0 Å². The van der Waals surface area contributed by atoms with Gasteiger partial charge in [0.25, 0.3) is 0 Å². The zero-order valence-corrected chi connectivity index (χ0v) is 27.8. The molecular weight excluding hydrogens is 646 g/mol. The number of piperidine rings is 1. The maximum absolute atomic E-state index is 12.1. The van der Waals surface area contributed by atoms with Crippen LogP contribution in [0.15, 0.2) is 66.7 Å². The fourth-order valence-corrected chi connectivity index (χ4v) is 6.87. The molecule has 0 unspecified atom stereocenters. The van der Waals surface area contributed by atoms with Crippen LogP contribution in [0.3, 0.4) is 0 Å². The lowest BCUT2D eigenvalue weighted by Gasteiger charge is -2.26. The van der Waals surface area contributed by atoms with Gasteiger partial charge < -0.3 is 17.8 Å². The molecule has 13 heteroatoms. The average molecular weight is 682 g/mol. The van der Waals surface area contributed by atoms with Gasteiger partial charge in [-0.05, 0) is 112 Å². The van der Waals surface area contributed by atoms with Gasteiger partial charge in [-0.3, -0.25) is 4.90 Å². The Bertz CT molecular complexity index is 1750. The Hall–Kier alpha value is -3.03. The normalized spacial score (nSPS) is 14.1. The number of fused-ring (bicyclic) bond motifs is 1. The lowest BCUT2D eigenvalue weighted by atomic mass is 10.1. The standard InChI is InChI=1S/C31H35NO8S3.ClH/c1-3-42(33,34)39-26-10-8-23(9-11-26)31-30(28-17-16-27(22-29(28)41-31)40-43(35,36)4-2)38-25-14-12-24(13-15-25)37-21-20-32-18-6-5-7-19-32;/h8-17,22H,3-7,18-21H2,1-2H3;1H. The molecule has 9 nitrogen and oxygen atoms in total. The van der Waals surface area contributed by atoms with Gasteiger partial charge in [0.2, 0.25) is 0 Å². The first-order valence-corrected chi connectivity index (χ1v) is 18.3. The summed E-state index contributed by atoms with van der Waals surface area (Å²) < 4.78 is 71.4. The number of hydrogen-bond donors (Lipinski definition) is 0. The van der Waals surface area contributed by atoms with E-state index in [9.17, 15) is 16.8 Å². The quantitative estimate of drug-likeness (QED) is 0.137. The fraction of sp³-hybridized carbons (Fsp3) is 0.355. The number of benzene rings is 3. The van der Waals surface area contributed by atoms with Gasteiger partial charge in [-0.2, -0.15) is 16.8 Å². The molecule has 0 aliphatic carbocycles. The first-order valence-electron chi connectivity index (χ1n) is 14.3. The van der Waals surface area contributed by atoms with E-state index in [0.29, 0.717) is 18.1 Å². The van der Waals surface area contributed by atoms with Gasteiger partial charge in [-0.15, -0.1) is 23.7 Å². The number of rotatable bonds is 13. The topological polar surface area (TPSA) is 108 Å². The molecule has 0 spiro atoms. The molecule has 3 aromatic carbocycles. The number of nitrogens with zero attached hydrogens (tertiary/aromatic N) is 1. The molecule has 0 saturated carbocycles. The highest BCUT2D eigenvalue weighted by Crippen LogP contribution is 2.47. The van der Waals surface area contributed by atoms with E-state index in [4.69, 9.17) is 17.8 Å². The lowest BCUT2D eigenvalue weighted by Crippen LogP contribution is -2.33. The van der Waals surface area contributed by atoms with Crippen LogP contribution in [-0.2, 0) is 20.2 Å². The summed E-state index contributed by atoms with van der Waals surface area (Å²) in [5, 5.41) is 0.775. The summed E-state index contributed by atoms with van der Waals surface area (Å²) in [6.07, 6.45) is 3.80. The Morgan fingerprint density at radius 1 is 0.727 bits per heavy atom. The van der Waals surface area contributed by atoms with Gasteiger partial charge in [0, 0.05) is 16.6 Å². The first-order chi connectivity index (χ1) is 20.6. The predicted octanol–water partition coefficient (Wildman–Crippen LogP) is 7.10. The average Bonchev–Trinajstić information content (AvgIpc) is 3.35. The smallest absolute Gasteiger partial charge is 0.308 e. The number of ether oxygens (including phenoxy) is 2. The second-order valence-electron chi connectivity index (χ2n) is 10.1. The van der Waals surface area contributed by atoms with Gasteiger partial charge in [0.1, 0.15) is 29.6 Å². The summed E-state index contributed by atoms with van der Waals surface area (Å²) in [4.78, 5) is 3.21. The van der Waals surface area contributed by atoms with Crippen LogP contribution in [0.5, 0.6) is 28.7 Å². The van der Waals surface area contributed by atoms with Gasteiger partial charge >= 0.3 is 20.2 Å². The van der Waals surface area contributed by atoms with Crippen LogP contribution in [-0.4, -0.2) is 59.5 Å². The van der Waals surface area contributed by atoms with Crippen molar-refractivity contribution in [3.05, 3.63) is 66.7 Å². The molecule has 0 radical (unpaired) electrons. The van der Waals surface area contributed by atoms with Gasteiger partial charge in [-0.25, -0.2) is 0 Å². The minimum Gasteiger partial charge on any atom is -0.492 e. The summed E-state index contributed by atoms with van der Waals surface area (Å²) in [7, 11) is -7.34. The monoisotopic (exact) mass is 681 g/mol. The van der Waals surface area contributed by atoms with Crippen molar-refractivity contribution in [2.24, 2.45) is 0 Å². The molecule has 1 aliphatic rings. The Labute approximate surface area is 269 Å². The molecule has 238 valence electrons. The highest BCUT2D eigenvalue weighted by atomic mass is 35.5. The van der Waals surface area contributed by atoms with Gasteiger partial charge in [0.05, 0.1) is 16.4 Å². The number of likely N-dealkylation sites (tertiary alicyclic amines) is 1. The zero-order valence-electron chi connectivity index (χ0n) is 24.6. The first kappa shape index (κ1) is 33.9. The SMILES string of the molecule is CCS(=O)(=O)Oc1ccc(-c2sc3cc(OS(=O)(=O)CC)ccc3c2Oc2ccc(OCCN3CCCCC3)cc2)cc1.Cl. The van der Waals surface area contributed by atoms with Crippen molar-refractivity contribution in [2.75, 3.05) is 37.7 Å². The third kappa shape index (κ3) is 8.79. The van der Waals surface area contributed by atoms with E-state index in [1.165, 1.54) is 44.4 Å². The summed E-state index contributed by atoms with van der Waals surface area (Å²) >= 11 is 1.41. The molecule has 0 bridgehead atoms. The van der Waals surface area contributed by atoms with Crippen molar-refractivity contribution in [1.29, 1.82) is 0 Å². The van der Waals surface area contributed by atoms with Crippen LogP contribution in [0.1, 0.15) is 33.1 Å². The lowest BCUT2D eigenvalue weighted by molar-refractivity contribution is 0.183. The third-order valence-electron chi connectivity index (χ3n) is 7.05. The molecule has 5 rings (SSSR count). The van der Waals surface area contributed by atoms with Crippen LogP contribution in [0, 0.1) is 0 Å². The molecule has 1 aromatic heterocycles. The third-order valence-corrected chi connectivity index (χ3v) is 10.5.